The van der Waals surface area contributed by atoms with Gasteiger partial charge >= 0.3 is 0 Å². The van der Waals surface area contributed by atoms with Crippen molar-refractivity contribution in [3.8, 4) is 5.75 Å². The van der Waals surface area contributed by atoms with Crippen LogP contribution in [0.25, 0.3) is 0 Å². The Labute approximate surface area is 186 Å². The van der Waals surface area contributed by atoms with Gasteiger partial charge in [0.1, 0.15) is 12.4 Å². The third kappa shape index (κ3) is 5.39. The van der Waals surface area contributed by atoms with Crippen LogP contribution in [0.1, 0.15) is 11.4 Å². The number of nitrogens with one attached hydrogen (secondary N) is 1. The highest BCUT2D eigenvalue weighted by atomic mass is 127. The minimum absolute atomic E-state index is 0.0915. The Bertz CT molecular complexity index is 996. The van der Waals surface area contributed by atoms with Crippen LogP contribution in [0.15, 0.2) is 47.6 Å². The molecule has 0 radical (unpaired) electrons. The second kappa shape index (κ2) is 9.62. The lowest BCUT2D eigenvalue weighted by Gasteiger charge is -2.09. The largest absolute Gasteiger partial charge is 0.484 e. The summed E-state index contributed by atoms with van der Waals surface area (Å²) in [6.07, 6.45) is 0. The normalized spacial score (nSPS) is 10.7. The lowest BCUT2D eigenvalue weighted by atomic mass is 10.2. The molecule has 6 nitrogen and oxygen atoms in total. The molecule has 3 aromatic rings. The summed E-state index contributed by atoms with van der Waals surface area (Å²) in [4.78, 5) is 12.3. The molecule has 0 aliphatic heterocycles. The smallest absolute Gasteiger partial charge is 0.234 e. The number of rotatable bonds is 7. The molecule has 0 saturated carbocycles. The van der Waals surface area contributed by atoms with E-state index >= 15 is 0 Å². The molecule has 2 aromatic carbocycles. The minimum Gasteiger partial charge on any atom is -0.484 e. The van der Waals surface area contributed by atoms with Crippen molar-refractivity contribution in [3.63, 3.8) is 0 Å². The van der Waals surface area contributed by atoms with Gasteiger partial charge in [-0.05, 0) is 65.4 Å². The van der Waals surface area contributed by atoms with Crippen molar-refractivity contribution >= 4 is 57.5 Å². The Morgan fingerprint density at radius 2 is 2.07 bits per heavy atom. The molecule has 9 heteroatoms. The summed E-state index contributed by atoms with van der Waals surface area (Å²) in [6, 6.07) is 13.2. The van der Waals surface area contributed by atoms with Gasteiger partial charge in [0.25, 0.3) is 0 Å². The zero-order valence-corrected chi connectivity index (χ0v) is 19.0. The maximum absolute atomic E-state index is 12.3. The molecule has 1 amide bonds. The maximum Gasteiger partial charge on any atom is 0.234 e. The molecule has 146 valence electrons. The van der Waals surface area contributed by atoms with Gasteiger partial charge in [-0.15, -0.1) is 10.2 Å². The first-order valence-corrected chi connectivity index (χ1v) is 10.8. The molecule has 0 unspecified atom stereocenters. The number of hydrogen-bond donors (Lipinski definition) is 1. The highest BCUT2D eigenvalue weighted by Gasteiger charge is 2.13. The molecule has 0 spiro atoms. The van der Waals surface area contributed by atoms with Crippen molar-refractivity contribution in [2.24, 2.45) is 7.05 Å². The Hall–Kier alpha value is -1.78. The second-order valence-electron chi connectivity index (χ2n) is 5.97. The van der Waals surface area contributed by atoms with E-state index in [1.807, 2.05) is 48.9 Å². The van der Waals surface area contributed by atoms with Crippen LogP contribution in [-0.2, 0) is 18.4 Å². The van der Waals surface area contributed by atoms with Gasteiger partial charge in [-0.25, -0.2) is 0 Å². The Kier molecular flexibility index (Phi) is 7.19. The van der Waals surface area contributed by atoms with Crippen LogP contribution < -0.4 is 10.1 Å². The van der Waals surface area contributed by atoms with E-state index in [2.05, 4.69) is 38.1 Å². The molecular formula is C19H18ClIN4O2S. The maximum atomic E-state index is 12.3. The van der Waals surface area contributed by atoms with Gasteiger partial charge < -0.3 is 14.6 Å². The standard InChI is InChI=1S/C19H18ClIN4O2S/c1-12-9-13(21)7-8-15(12)22-18(26)11-28-19-24-23-17(25(19)2)10-27-16-6-4-3-5-14(16)20/h3-9H,10-11H2,1-2H3,(H,22,26). The number of hydrogen-bond acceptors (Lipinski definition) is 5. The monoisotopic (exact) mass is 528 g/mol. The van der Waals surface area contributed by atoms with E-state index < -0.39 is 0 Å². The van der Waals surface area contributed by atoms with Crippen LogP contribution in [-0.4, -0.2) is 26.4 Å². The Morgan fingerprint density at radius 3 is 2.82 bits per heavy atom. The Balaban J connectivity index is 1.55. The summed E-state index contributed by atoms with van der Waals surface area (Å²) >= 11 is 9.66. The molecule has 1 heterocycles. The molecule has 0 aliphatic rings. The van der Waals surface area contributed by atoms with Crippen molar-refractivity contribution in [3.05, 3.63) is 62.4 Å². The van der Waals surface area contributed by atoms with Gasteiger partial charge in [-0.1, -0.05) is 35.5 Å². The zero-order valence-electron chi connectivity index (χ0n) is 15.3. The average molecular weight is 529 g/mol. The molecule has 1 N–H and O–H groups in total. The SMILES string of the molecule is Cc1cc(I)ccc1NC(=O)CSc1nnc(COc2ccccc2Cl)n1C. The van der Waals surface area contributed by atoms with Crippen molar-refractivity contribution in [2.45, 2.75) is 18.7 Å². The van der Waals surface area contributed by atoms with E-state index in [0.29, 0.717) is 21.8 Å². The van der Waals surface area contributed by atoms with E-state index in [4.69, 9.17) is 16.3 Å². The van der Waals surface area contributed by atoms with Gasteiger partial charge in [0.05, 0.1) is 10.8 Å². The van der Waals surface area contributed by atoms with Crippen molar-refractivity contribution in [1.29, 1.82) is 0 Å². The van der Waals surface area contributed by atoms with Gasteiger partial charge in [0, 0.05) is 16.3 Å². The second-order valence-corrected chi connectivity index (χ2v) is 8.57. The number of anilines is 1. The van der Waals surface area contributed by atoms with Crippen LogP contribution in [0.2, 0.25) is 5.02 Å². The summed E-state index contributed by atoms with van der Waals surface area (Å²) < 4.78 is 8.64. The predicted octanol–water partition coefficient (Wildman–Crippen LogP) is 4.69. The van der Waals surface area contributed by atoms with Crippen LogP contribution in [0.5, 0.6) is 5.75 Å². The van der Waals surface area contributed by atoms with Crippen molar-refractivity contribution in [1.82, 2.24) is 14.8 Å². The van der Waals surface area contributed by atoms with Crippen LogP contribution in [0, 0.1) is 10.5 Å². The number of para-hydroxylation sites is 1. The molecule has 0 saturated heterocycles. The molecule has 0 fully saturated rings. The van der Waals surface area contributed by atoms with E-state index in [0.717, 1.165) is 14.8 Å². The summed E-state index contributed by atoms with van der Waals surface area (Å²) in [5, 5.41) is 12.4. The van der Waals surface area contributed by atoms with Crippen LogP contribution >= 0.6 is 46.0 Å². The number of carbonyl (C=O) groups excluding carboxylic acids is 1. The number of aryl methyl sites for hydroxylation is 1. The van der Waals surface area contributed by atoms with E-state index in [1.165, 1.54) is 11.8 Å². The quantitative estimate of drug-likeness (QED) is 0.356. The van der Waals surface area contributed by atoms with Gasteiger partial charge in [-0.3, -0.25) is 4.79 Å². The number of carbonyl (C=O) groups is 1. The first kappa shape index (κ1) is 20.9. The highest BCUT2D eigenvalue weighted by molar-refractivity contribution is 14.1. The number of benzene rings is 2. The van der Waals surface area contributed by atoms with Crippen LogP contribution in [0.4, 0.5) is 5.69 Å². The molecule has 1 aromatic heterocycles. The molecule has 0 atom stereocenters. The summed E-state index contributed by atoms with van der Waals surface area (Å²) in [7, 11) is 1.84. The fourth-order valence-electron chi connectivity index (χ4n) is 2.38. The summed E-state index contributed by atoms with van der Waals surface area (Å²) in [5.74, 6) is 1.39. The van der Waals surface area contributed by atoms with Crippen LogP contribution in [0.3, 0.4) is 0 Å². The molecule has 3 rings (SSSR count). The van der Waals surface area contributed by atoms with Gasteiger partial charge in [-0.2, -0.15) is 0 Å². The fraction of sp³-hybridized carbons (Fsp3) is 0.211. The van der Waals surface area contributed by atoms with Gasteiger partial charge in [0.2, 0.25) is 5.91 Å². The van der Waals surface area contributed by atoms with Crippen molar-refractivity contribution < 1.29 is 9.53 Å². The third-order valence-electron chi connectivity index (χ3n) is 3.91. The average Bonchev–Trinajstić information content (AvgIpc) is 3.01. The number of halogens is 2. The Morgan fingerprint density at radius 1 is 1.29 bits per heavy atom. The summed E-state index contributed by atoms with van der Waals surface area (Å²) in [6.45, 7) is 2.21. The molecular weight excluding hydrogens is 511 g/mol. The van der Waals surface area contributed by atoms with E-state index in [9.17, 15) is 4.79 Å². The molecule has 0 bridgehead atoms. The molecule has 28 heavy (non-hydrogen) atoms. The first-order chi connectivity index (χ1) is 13.4. The topological polar surface area (TPSA) is 69.0 Å². The lowest BCUT2D eigenvalue weighted by Crippen LogP contribution is -2.15. The number of thioether (sulfide) groups is 1. The van der Waals surface area contributed by atoms with Crippen molar-refractivity contribution in [2.75, 3.05) is 11.1 Å². The lowest BCUT2D eigenvalue weighted by molar-refractivity contribution is -0.113. The predicted molar refractivity (Wildman–Crippen MR) is 120 cm³/mol. The van der Waals surface area contributed by atoms with Gasteiger partial charge in [0.15, 0.2) is 11.0 Å². The number of ether oxygens (including phenoxy) is 1. The van der Waals surface area contributed by atoms with E-state index in [1.54, 1.807) is 12.1 Å². The number of nitrogens with zero attached hydrogens (tertiary/aromatic N) is 3. The number of amides is 1. The minimum atomic E-state index is -0.0915. The first-order valence-electron chi connectivity index (χ1n) is 8.38. The van der Waals surface area contributed by atoms with E-state index in [-0.39, 0.29) is 18.3 Å². The summed E-state index contributed by atoms with van der Waals surface area (Å²) in [5.41, 5.74) is 1.85. The number of aromatic nitrogens is 3. The fourth-order valence-corrected chi connectivity index (χ4v) is 3.95. The third-order valence-corrected chi connectivity index (χ3v) is 5.92. The highest BCUT2D eigenvalue weighted by Crippen LogP contribution is 2.24. The molecule has 0 aliphatic carbocycles. The zero-order chi connectivity index (χ0) is 20.1.